The van der Waals surface area contributed by atoms with Crippen molar-refractivity contribution in [3.8, 4) is 5.75 Å². The SMILES string of the molecule is CC(C)(C)OC(=O)NCCC=Cc1ccc(C(=O)O)c(OC(F)(F)F)c1. The molecule has 9 heteroatoms. The van der Waals surface area contributed by atoms with E-state index in [9.17, 15) is 22.8 Å². The molecule has 0 aliphatic heterocycles. The smallest absolute Gasteiger partial charge is 0.478 e. The van der Waals surface area contributed by atoms with E-state index < -0.39 is 35.3 Å². The van der Waals surface area contributed by atoms with Crippen LogP contribution in [0.15, 0.2) is 24.3 Å². The number of benzene rings is 1. The summed E-state index contributed by atoms with van der Waals surface area (Å²) in [7, 11) is 0. The first kappa shape index (κ1) is 21.3. The van der Waals surface area contributed by atoms with E-state index in [1.165, 1.54) is 12.1 Å². The van der Waals surface area contributed by atoms with Crippen LogP contribution >= 0.6 is 0 Å². The van der Waals surface area contributed by atoms with Gasteiger partial charge in [0.2, 0.25) is 0 Å². The normalized spacial score (nSPS) is 12.1. The van der Waals surface area contributed by atoms with Crippen LogP contribution in [-0.2, 0) is 4.74 Å². The first-order valence-electron chi connectivity index (χ1n) is 7.64. The van der Waals surface area contributed by atoms with Crippen LogP contribution in [-0.4, -0.2) is 35.7 Å². The molecule has 0 atom stereocenters. The molecule has 0 saturated carbocycles. The third kappa shape index (κ3) is 8.41. The second kappa shape index (κ2) is 8.59. The third-order valence-electron chi connectivity index (χ3n) is 2.75. The summed E-state index contributed by atoms with van der Waals surface area (Å²) < 4.78 is 45.9. The number of carbonyl (C=O) groups excluding carboxylic acids is 1. The quantitative estimate of drug-likeness (QED) is 0.728. The first-order valence-corrected chi connectivity index (χ1v) is 7.64. The minimum Gasteiger partial charge on any atom is -0.478 e. The Kier molecular flexibility index (Phi) is 7.05. The number of ether oxygens (including phenoxy) is 2. The summed E-state index contributed by atoms with van der Waals surface area (Å²) in [6.07, 6.45) is -2.06. The van der Waals surface area contributed by atoms with Crippen LogP contribution in [0.5, 0.6) is 5.75 Å². The Morgan fingerprint density at radius 3 is 2.42 bits per heavy atom. The number of alkyl halides is 3. The lowest BCUT2D eigenvalue weighted by atomic mass is 10.1. The molecule has 1 rings (SSSR count). The Morgan fingerprint density at radius 1 is 1.23 bits per heavy atom. The van der Waals surface area contributed by atoms with Crippen LogP contribution in [0, 0.1) is 0 Å². The lowest BCUT2D eigenvalue weighted by Gasteiger charge is -2.19. The van der Waals surface area contributed by atoms with Crippen LogP contribution in [0.3, 0.4) is 0 Å². The second-order valence-corrected chi connectivity index (χ2v) is 6.23. The van der Waals surface area contributed by atoms with E-state index >= 15 is 0 Å². The number of rotatable bonds is 6. The maximum absolute atomic E-state index is 12.4. The van der Waals surface area contributed by atoms with Crippen molar-refractivity contribution >= 4 is 18.1 Å². The number of amides is 1. The minimum atomic E-state index is -5.00. The van der Waals surface area contributed by atoms with Crippen molar-refractivity contribution in [2.75, 3.05) is 6.54 Å². The molecule has 1 aromatic rings. The van der Waals surface area contributed by atoms with Gasteiger partial charge in [0.25, 0.3) is 0 Å². The van der Waals surface area contributed by atoms with Crippen molar-refractivity contribution in [3.05, 3.63) is 35.4 Å². The van der Waals surface area contributed by atoms with Gasteiger partial charge in [-0.3, -0.25) is 0 Å². The van der Waals surface area contributed by atoms with Crippen LogP contribution in [0.1, 0.15) is 43.1 Å². The molecule has 0 fully saturated rings. The van der Waals surface area contributed by atoms with Gasteiger partial charge in [0, 0.05) is 6.54 Å². The van der Waals surface area contributed by atoms with Gasteiger partial charge in [-0.15, -0.1) is 13.2 Å². The zero-order chi connectivity index (χ0) is 20.0. The molecule has 1 amide bonds. The number of carboxylic acids is 1. The number of alkyl carbamates (subject to hydrolysis) is 1. The molecule has 0 spiro atoms. The Labute approximate surface area is 148 Å². The molecule has 1 aromatic carbocycles. The summed E-state index contributed by atoms with van der Waals surface area (Å²) in [4.78, 5) is 22.4. The molecule has 0 aromatic heterocycles. The molecule has 144 valence electrons. The maximum atomic E-state index is 12.4. The Balaban J connectivity index is 2.67. The highest BCUT2D eigenvalue weighted by atomic mass is 19.4. The lowest BCUT2D eigenvalue weighted by Crippen LogP contribution is -2.32. The maximum Gasteiger partial charge on any atom is 0.573 e. The van der Waals surface area contributed by atoms with Gasteiger partial charge < -0.3 is 19.9 Å². The molecule has 2 N–H and O–H groups in total. The highest BCUT2D eigenvalue weighted by Gasteiger charge is 2.33. The van der Waals surface area contributed by atoms with Crippen molar-refractivity contribution in [1.29, 1.82) is 0 Å². The van der Waals surface area contributed by atoms with Gasteiger partial charge in [-0.2, -0.15) is 0 Å². The van der Waals surface area contributed by atoms with E-state index in [1.54, 1.807) is 26.8 Å². The van der Waals surface area contributed by atoms with E-state index in [2.05, 4.69) is 10.1 Å². The number of halogens is 3. The fourth-order valence-electron chi connectivity index (χ4n) is 1.82. The summed E-state index contributed by atoms with van der Waals surface area (Å²) >= 11 is 0. The number of carboxylic acid groups (broad SMARTS) is 1. The average Bonchev–Trinajstić information content (AvgIpc) is 2.43. The number of hydrogen-bond acceptors (Lipinski definition) is 4. The summed E-state index contributed by atoms with van der Waals surface area (Å²) in [6.45, 7) is 5.46. The Morgan fingerprint density at radius 2 is 1.88 bits per heavy atom. The van der Waals surface area contributed by atoms with Crippen LogP contribution < -0.4 is 10.1 Å². The highest BCUT2D eigenvalue weighted by Crippen LogP contribution is 2.28. The average molecular weight is 375 g/mol. The number of nitrogens with one attached hydrogen (secondary N) is 1. The van der Waals surface area contributed by atoms with Crippen LogP contribution in [0.25, 0.3) is 6.08 Å². The summed E-state index contributed by atoms with van der Waals surface area (Å²) in [6, 6.07) is 3.36. The van der Waals surface area contributed by atoms with Crippen molar-refractivity contribution in [1.82, 2.24) is 5.32 Å². The van der Waals surface area contributed by atoms with Gasteiger partial charge in [-0.1, -0.05) is 18.2 Å². The minimum absolute atomic E-state index is 0.268. The fourth-order valence-corrected chi connectivity index (χ4v) is 1.82. The molecule has 0 aliphatic carbocycles. The van der Waals surface area contributed by atoms with Crippen molar-refractivity contribution in [3.63, 3.8) is 0 Å². The molecule has 0 bridgehead atoms. The molecular weight excluding hydrogens is 355 g/mol. The number of aromatic carboxylic acids is 1. The van der Waals surface area contributed by atoms with E-state index in [4.69, 9.17) is 9.84 Å². The highest BCUT2D eigenvalue weighted by molar-refractivity contribution is 5.91. The van der Waals surface area contributed by atoms with Crippen LogP contribution in [0.4, 0.5) is 18.0 Å². The molecule has 0 saturated heterocycles. The van der Waals surface area contributed by atoms with E-state index in [0.717, 1.165) is 12.1 Å². The second-order valence-electron chi connectivity index (χ2n) is 6.23. The third-order valence-corrected chi connectivity index (χ3v) is 2.75. The predicted octanol–water partition coefficient (Wildman–Crippen LogP) is 4.21. The zero-order valence-electron chi connectivity index (χ0n) is 14.5. The van der Waals surface area contributed by atoms with Gasteiger partial charge in [-0.05, 0) is 44.9 Å². The first-order chi connectivity index (χ1) is 11.9. The summed E-state index contributed by atoms with van der Waals surface area (Å²) in [5.74, 6) is -2.32. The summed E-state index contributed by atoms with van der Waals surface area (Å²) in [5, 5.41) is 11.4. The zero-order valence-corrected chi connectivity index (χ0v) is 14.5. The summed E-state index contributed by atoms with van der Waals surface area (Å²) in [5.41, 5.74) is -0.877. The Hall–Kier alpha value is -2.71. The molecule has 0 unspecified atom stereocenters. The van der Waals surface area contributed by atoms with Crippen molar-refractivity contribution in [2.24, 2.45) is 0 Å². The largest absolute Gasteiger partial charge is 0.573 e. The van der Waals surface area contributed by atoms with Gasteiger partial charge in [0.15, 0.2) is 0 Å². The predicted molar refractivity (Wildman–Crippen MR) is 88.0 cm³/mol. The van der Waals surface area contributed by atoms with Gasteiger partial charge >= 0.3 is 18.4 Å². The molecule has 0 heterocycles. The van der Waals surface area contributed by atoms with Crippen LogP contribution in [0.2, 0.25) is 0 Å². The lowest BCUT2D eigenvalue weighted by molar-refractivity contribution is -0.274. The van der Waals surface area contributed by atoms with E-state index in [-0.39, 0.29) is 6.54 Å². The van der Waals surface area contributed by atoms with Gasteiger partial charge in [0.1, 0.15) is 16.9 Å². The fraction of sp³-hybridized carbons (Fsp3) is 0.412. The van der Waals surface area contributed by atoms with Crippen molar-refractivity contribution < 1.29 is 37.3 Å². The Bertz CT molecular complexity index is 678. The van der Waals surface area contributed by atoms with Gasteiger partial charge in [-0.25, -0.2) is 9.59 Å². The molecule has 0 aliphatic rings. The number of hydrogen-bond donors (Lipinski definition) is 2. The molecule has 26 heavy (non-hydrogen) atoms. The standard InChI is InChI=1S/C17H20F3NO5/c1-16(2,3)26-15(24)21-9-5-4-6-11-7-8-12(14(22)23)13(10-11)25-17(18,19)20/h4,6-8,10H,5,9H2,1-3H3,(H,21,24)(H,22,23). The molecule has 0 radical (unpaired) electrons. The van der Waals surface area contributed by atoms with E-state index in [1.807, 2.05) is 0 Å². The van der Waals surface area contributed by atoms with Crippen molar-refractivity contribution in [2.45, 2.75) is 39.2 Å². The monoisotopic (exact) mass is 375 g/mol. The topological polar surface area (TPSA) is 84.9 Å². The number of carbonyl (C=O) groups is 2. The van der Waals surface area contributed by atoms with Gasteiger partial charge in [0.05, 0.1) is 0 Å². The molecular formula is C17H20F3NO5. The van der Waals surface area contributed by atoms with E-state index in [0.29, 0.717) is 12.0 Å². The molecule has 6 nitrogen and oxygen atoms in total.